The first kappa shape index (κ1) is 14.8. The Morgan fingerprint density at radius 1 is 1.21 bits per heavy atom. The Kier molecular flexibility index (Phi) is 3.74. The summed E-state index contributed by atoms with van der Waals surface area (Å²) in [5, 5.41) is 4.63. The van der Waals surface area contributed by atoms with Gasteiger partial charge in [0, 0.05) is 41.6 Å². The molecule has 0 N–H and O–H groups in total. The van der Waals surface area contributed by atoms with Crippen molar-refractivity contribution in [1.29, 1.82) is 0 Å². The lowest BCUT2D eigenvalue weighted by Crippen LogP contribution is -2.24. The molecule has 1 saturated heterocycles. The van der Waals surface area contributed by atoms with Gasteiger partial charge in [0.25, 0.3) is 0 Å². The Bertz CT molecular complexity index is 864. The zero-order chi connectivity index (χ0) is 16.5. The number of hydrogen-bond donors (Lipinski definition) is 0. The van der Waals surface area contributed by atoms with Crippen molar-refractivity contribution in [3.63, 3.8) is 0 Å². The molecule has 0 saturated carbocycles. The maximum atomic E-state index is 12.3. The molecule has 0 spiro atoms. The number of anilines is 1. The third-order valence-corrected chi connectivity index (χ3v) is 4.23. The number of carbonyl (C=O) groups excluding carboxylic acids is 1. The van der Waals surface area contributed by atoms with E-state index < -0.39 is 0 Å². The number of pyridine rings is 1. The van der Waals surface area contributed by atoms with Crippen molar-refractivity contribution in [1.82, 2.24) is 15.1 Å². The summed E-state index contributed by atoms with van der Waals surface area (Å²) in [6.45, 7) is 0.509. The summed E-state index contributed by atoms with van der Waals surface area (Å²) in [6, 6.07) is 10.9. The van der Waals surface area contributed by atoms with Crippen LogP contribution in [0.1, 0.15) is 18.2 Å². The van der Waals surface area contributed by atoms with Crippen LogP contribution in [-0.2, 0) is 4.79 Å². The fraction of sp³-hybridized carbons (Fsp3) is 0.176. The number of benzene rings is 1. The molecule has 6 nitrogen and oxygen atoms in total. The molecule has 120 valence electrons. The molecular formula is C17H13ClN4O2. The molecule has 1 amide bonds. The molecule has 1 aliphatic heterocycles. The Morgan fingerprint density at radius 2 is 2.04 bits per heavy atom. The minimum Gasteiger partial charge on any atom is -0.339 e. The fourth-order valence-corrected chi connectivity index (χ4v) is 2.88. The van der Waals surface area contributed by atoms with E-state index in [0.717, 1.165) is 11.3 Å². The van der Waals surface area contributed by atoms with E-state index in [9.17, 15) is 4.79 Å². The second-order valence-electron chi connectivity index (χ2n) is 5.58. The molecule has 4 rings (SSSR count). The largest absolute Gasteiger partial charge is 0.339 e. The highest BCUT2D eigenvalue weighted by molar-refractivity contribution is 6.30. The molecule has 24 heavy (non-hydrogen) atoms. The molecule has 3 heterocycles. The van der Waals surface area contributed by atoms with E-state index in [0.29, 0.717) is 29.7 Å². The predicted octanol–water partition coefficient (Wildman–Crippen LogP) is 3.31. The molecule has 3 aromatic rings. The molecule has 0 bridgehead atoms. The molecule has 7 heteroatoms. The van der Waals surface area contributed by atoms with Crippen molar-refractivity contribution < 1.29 is 9.32 Å². The van der Waals surface area contributed by atoms with E-state index in [1.54, 1.807) is 29.4 Å². The summed E-state index contributed by atoms with van der Waals surface area (Å²) in [7, 11) is 0. The van der Waals surface area contributed by atoms with E-state index >= 15 is 0 Å². The molecule has 1 atom stereocenters. The van der Waals surface area contributed by atoms with Crippen LogP contribution in [-0.4, -0.2) is 27.6 Å². The summed E-state index contributed by atoms with van der Waals surface area (Å²) in [5.41, 5.74) is 1.60. The number of aromatic nitrogens is 3. The molecule has 1 fully saturated rings. The van der Waals surface area contributed by atoms with Crippen molar-refractivity contribution in [2.75, 3.05) is 11.4 Å². The Morgan fingerprint density at radius 3 is 2.79 bits per heavy atom. The van der Waals surface area contributed by atoms with Gasteiger partial charge in [0.1, 0.15) is 0 Å². The van der Waals surface area contributed by atoms with E-state index in [1.807, 2.05) is 24.3 Å². The van der Waals surface area contributed by atoms with Crippen molar-refractivity contribution in [3.05, 3.63) is 59.7 Å². The first-order valence-corrected chi connectivity index (χ1v) is 7.88. The van der Waals surface area contributed by atoms with Gasteiger partial charge < -0.3 is 9.42 Å². The summed E-state index contributed by atoms with van der Waals surface area (Å²) in [4.78, 5) is 22.5. The van der Waals surface area contributed by atoms with Crippen LogP contribution < -0.4 is 4.90 Å². The van der Waals surface area contributed by atoms with Gasteiger partial charge in [0.2, 0.25) is 17.6 Å². The highest BCUT2D eigenvalue weighted by Gasteiger charge is 2.35. The normalized spacial score (nSPS) is 17.5. The first-order valence-electron chi connectivity index (χ1n) is 7.50. The second-order valence-corrected chi connectivity index (χ2v) is 6.02. The highest BCUT2D eigenvalue weighted by atomic mass is 35.5. The van der Waals surface area contributed by atoms with Crippen LogP contribution in [0.2, 0.25) is 5.02 Å². The number of halogens is 1. The quantitative estimate of drug-likeness (QED) is 0.731. The zero-order valence-electron chi connectivity index (χ0n) is 12.6. The topological polar surface area (TPSA) is 72.1 Å². The number of carbonyl (C=O) groups is 1. The lowest BCUT2D eigenvalue weighted by molar-refractivity contribution is -0.117. The van der Waals surface area contributed by atoms with Crippen molar-refractivity contribution in [2.24, 2.45) is 0 Å². The molecule has 1 aliphatic rings. The van der Waals surface area contributed by atoms with Gasteiger partial charge in [-0.1, -0.05) is 16.8 Å². The molecule has 1 unspecified atom stereocenters. The predicted molar refractivity (Wildman–Crippen MR) is 88.7 cm³/mol. The average Bonchev–Trinajstić information content (AvgIpc) is 3.23. The molecule has 0 aliphatic carbocycles. The standard InChI is InChI=1S/C17H13ClN4O2/c18-13-3-5-14(6-4-13)22-10-12(8-15(22)23)17-20-16(21-24-17)11-2-1-7-19-9-11/h1-7,9,12H,8,10H2. The van der Waals surface area contributed by atoms with Crippen LogP contribution in [0.3, 0.4) is 0 Å². The van der Waals surface area contributed by atoms with E-state index in [2.05, 4.69) is 15.1 Å². The minimum absolute atomic E-state index is 0.0310. The molecular weight excluding hydrogens is 328 g/mol. The van der Waals surface area contributed by atoms with Crippen LogP contribution >= 0.6 is 11.6 Å². The number of rotatable bonds is 3. The Labute approximate surface area is 143 Å². The van der Waals surface area contributed by atoms with Gasteiger partial charge in [-0.2, -0.15) is 4.98 Å². The summed E-state index contributed by atoms with van der Waals surface area (Å²) < 4.78 is 5.37. The van der Waals surface area contributed by atoms with Crippen molar-refractivity contribution in [2.45, 2.75) is 12.3 Å². The number of hydrogen-bond acceptors (Lipinski definition) is 5. The van der Waals surface area contributed by atoms with Crippen molar-refractivity contribution >= 4 is 23.2 Å². The van der Waals surface area contributed by atoms with Gasteiger partial charge >= 0.3 is 0 Å². The summed E-state index contributed by atoms with van der Waals surface area (Å²) in [5.74, 6) is 0.865. The fourth-order valence-electron chi connectivity index (χ4n) is 2.76. The second kappa shape index (κ2) is 6.05. The Balaban J connectivity index is 1.55. The molecule has 0 radical (unpaired) electrons. The van der Waals surface area contributed by atoms with E-state index in [1.165, 1.54) is 0 Å². The summed E-state index contributed by atoms with van der Waals surface area (Å²) >= 11 is 5.90. The van der Waals surface area contributed by atoms with Crippen LogP contribution in [0.4, 0.5) is 5.69 Å². The number of amides is 1. The zero-order valence-corrected chi connectivity index (χ0v) is 13.3. The van der Waals surface area contributed by atoms with Gasteiger partial charge in [-0.25, -0.2) is 0 Å². The van der Waals surface area contributed by atoms with Crippen LogP contribution in [0.15, 0.2) is 53.3 Å². The van der Waals surface area contributed by atoms with E-state index in [4.69, 9.17) is 16.1 Å². The van der Waals surface area contributed by atoms with Crippen LogP contribution in [0.25, 0.3) is 11.4 Å². The average molecular weight is 341 g/mol. The van der Waals surface area contributed by atoms with Gasteiger partial charge in [-0.05, 0) is 36.4 Å². The monoisotopic (exact) mass is 340 g/mol. The minimum atomic E-state index is -0.119. The summed E-state index contributed by atoms with van der Waals surface area (Å²) in [6.07, 6.45) is 3.70. The molecule has 2 aromatic heterocycles. The third kappa shape index (κ3) is 2.76. The third-order valence-electron chi connectivity index (χ3n) is 3.97. The smallest absolute Gasteiger partial charge is 0.232 e. The van der Waals surface area contributed by atoms with Gasteiger partial charge in [0.05, 0.1) is 5.92 Å². The number of nitrogens with zero attached hydrogens (tertiary/aromatic N) is 4. The first-order chi connectivity index (χ1) is 11.7. The van der Waals surface area contributed by atoms with E-state index in [-0.39, 0.29) is 11.8 Å². The maximum Gasteiger partial charge on any atom is 0.232 e. The lowest BCUT2D eigenvalue weighted by atomic mass is 10.1. The van der Waals surface area contributed by atoms with Crippen molar-refractivity contribution in [3.8, 4) is 11.4 Å². The van der Waals surface area contributed by atoms with Crippen LogP contribution in [0, 0.1) is 0 Å². The molecule has 1 aromatic carbocycles. The Hall–Kier alpha value is -2.73. The SMILES string of the molecule is O=C1CC(c2nc(-c3cccnc3)no2)CN1c1ccc(Cl)cc1. The maximum absolute atomic E-state index is 12.3. The van der Waals surface area contributed by atoms with Crippen LogP contribution in [0.5, 0.6) is 0 Å². The van der Waals surface area contributed by atoms with Gasteiger partial charge in [-0.15, -0.1) is 0 Å². The van der Waals surface area contributed by atoms with Gasteiger partial charge in [0.15, 0.2) is 0 Å². The highest BCUT2D eigenvalue weighted by Crippen LogP contribution is 2.32. The van der Waals surface area contributed by atoms with Gasteiger partial charge in [-0.3, -0.25) is 9.78 Å². The lowest BCUT2D eigenvalue weighted by Gasteiger charge is -2.15.